The SMILES string of the molecule is CC(=O)N1CCCc2cc(S(=O)(=O)NC(C)c3cc(C)c(C)cc3C)ccc21. The number of nitrogens with one attached hydrogen (secondary N) is 1. The standard InChI is InChI=1S/C22H28N2O3S/c1-14-11-16(3)21(12-15(14)2)17(4)23-28(26,27)20-8-9-22-19(13-20)7-6-10-24(22)18(5)25/h8-9,11-13,17,23H,6-7,10H2,1-5H3. The third kappa shape index (κ3) is 3.98. The van der Waals surface area contributed by atoms with E-state index in [2.05, 4.69) is 23.8 Å². The molecule has 0 fully saturated rings. The van der Waals surface area contributed by atoms with Crippen LogP contribution in [0.15, 0.2) is 35.2 Å². The minimum atomic E-state index is -3.67. The lowest BCUT2D eigenvalue weighted by atomic mass is 9.97. The van der Waals surface area contributed by atoms with Gasteiger partial charge in [0.1, 0.15) is 0 Å². The molecule has 2 aromatic rings. The Morgan fingerprint density at radius 2 is 1.75 bits per heavy atom. The van der Waals surface area contributed by atoms with E-state index >= 15 is 0 Å². The predicted molar refractivity (Wildman–Crippen MR) is 112 cm³/mol. The Kier molecular flexibility index (Phi) is 5.64. The highest BCUT2D eigenvalue weighted by molar-refractivity contribution is 7.89. The van der Waals surface area contributed by atoms with Crippen molar-refractivity contribution < 1.29 is 13.2 Å². The Balaban J connectivity index is 1.89. The van der Waals surface area contributed by atoms with Gasteiger partial charge in [-0.2, -0.15) is 0 Å². The first-order chi connectivity index (χ1) is 13.1. The molecule has 5 nitrogen and oxygen atoms in total. The normalized spacial score (nSPS) is 15.2. The van der Waals surface area contributed by atoms with Gasteiger partial charge in [-0.05, 0) is 86.6 Å². The molecule has 28 heavy (non-hydrogen) atoms. The van der Waals surface area contributed by atoms with E-state index in [-0.39, 0.29) is 16.8 Å². The van der Waals surface area contributed by atoms with Gasteiger partial charge in [0.15, 0.2) is 0 Å². The van der Waals surface area contributed by atoms with Gasteiger partial charge < -0.3 is 4.90 Å². The van der Waals surface area contributed by atoms with Crippen LogP contribution in [0.1, 0.15) is 54.1 Å². The fourth-order valence-electron chi connectivity index (χ4n) is 3.88. The summed E-state index contributed by atoms with van der Waals surface area (Å²) in [7, 11) is -3.67. The fraction of sp³-hybridized carbons (Fsp3) is 0.409. The van der Waals surface area contributed by atoms with Gasteiger partial charge in [0.05, 0.1) is 4.90 Å². The molecule has 1 heterocycles. The number of fused-ring (bicyclic) bond motifs is 1. The molecular weight excluding hydrogens is 372 g/mol. The van der Waals surface area contributed by atoms with E-state index in [1.807, 2.05) is 20.8 Å². The van der Waals surface area contributed by atoms with Crippen LogP contribution in [-0.4, -0.2) is 20.9 Å². The Bertz CT molecular complexity index is 1030. The molecule has 0 saturated carbocycles. The molecule has 1 amide bonds. The topological polar surface area (TPSA) is 66.5 Å². The summed E-state index contributed by atoms with van der Waals surface area (Å²) < 4.78 is 28.8. The third-order valence-electron chi connectivity index (χ3n) is 5.54. The molecule has 1 N–H and O–H groups in total. The Labute approximate surface area is 167 Å². The summed E-state index contributed by atoms with van der Waals surface area (Å²) in [5.74, 6) is -0.0199. The second kappa shape index (κ2) is 7.68. The summed E-state index contributed by atoms with van der Waals surface area (Å²) >= 11 is 0. The zero-order valence-corrected chi connectivity index (χ0v) is 18.0. The van der Waals surface area contributed by atoms with Crippen molar-refractivity contribution in [2.45, 2.75) is 58.4 Å². The molecule has 1 atom stereocenters. The van der Waals surface area contributed by atoms with Gasteiger partial charge in [-0.25, -0.2) is 13.1 Å². The van der Waals surface area contributed by atoms with Crippen LogP contribution in [0.3, 0.4) is 0 Å². The molecule has 150 valence electrons. The van der Waals surface area contributed by atoms with Crippen molar-refractivity contribution in [1.82, 2.24) is 4.72 Å². The highest BCUT2D eigenvalue weighted by atomic mass is 32.2. The van der Waals surface area contributed by atoms with Crippen LogP contribution in [0.25, 0.3) is 0 Å². The first-order valence-electron chi connectivity index (χ1n) is 9.61. The monoisotopic (exact) mass is 400 g/mol. The maximum Gasteiger partial charge on any atom is 0.241 e. The summed E-state index contributed by atoms with van der Waals surface area (Å²) in [4.78, 5) is 13.8. The number of carbonyl (C=O) groups excluding carboxylic acids is 1. The summed E-state index contributed by atoms with van der Waals surface area (Å²) in [6, 6.07) is 8.83. The van der Waals surface area contributed by atoms with Crippen molar-refractivity contribution in [2.24, 2.45) is 0 Å². The van der Waals surface area contributed by atoms with Crippen LogP contribution >= 0.6 is 0 Å². The van der Waals surface area contributed by atoms with E-state index in [1.54, 1.807) is 23.1 Å². The smallest absolute Gasteiger partial charge is 0.241 e. The Morgan fingerprint density at radius 3 is 2.43 bits per heavy atom. The summed E-state index contributed by atoms with van der Waals surface area (Å²) in [5, 5.41) is 0. The molecule has 2 aromatic carbocycles. The molecule has 1 unspecified atom stereocenters. The molecular formula is C22H28N2O3S. The number of anilines is 1. The Morgan fingerprint density at radius 1 is 1.07 bits per heavy atom. The van der Waals surface area contributed by atoms with Gasteiger partial charge >= 0.3 is 0 Å². The van der Waals surface area contributed by atoms with Crippen LogP contribution in [0.2, 0.25) is 0 Å². The van der Waals surface area contributed by atoms with Crippen molar-refractivity contribution in [2.75, 3.05) is 11.4 Å². The zero-order valence-electron chi connectivity index (χ0n) is 17.2. The number of rotatable bonds is 4. The molecule has 1 aliphatic rings. The lowest BCUT2D eigenvalue weighted by molar-refractivity contribution is -0.116. The molecule has 1 aliphatic heterocycles. The molecule has 0 bridgehead atoms. The molecule has 0 aromatic heterocycles. The number of aryl methyl sites for hydroxylation is 4. The molecule has 0 saturated heterocycles. The van der Waals surface area contributed by atoms with Crippen LogP contribution in [0.4, 0.5) is 5.69 Å². The summed E-state index contributed by atoms with van der Waals surface area (Å²) in [5.41, 5.74) is 6.11. The lowest BCUT2D eigenvalue weighted by Gasteiger charge is -2.29. The molecule has 3 rings (SSSR count). The van der Waals surface area contributed by atoms with Gasteiger partial charge in [-0.1, -0.05) is 12.1 Å². The second-order valence-electron chi connectivity index (χ2n) is 7.70. The summed E-state index contributed by atoms with van der Waals surface area (Å²) in [6.45, 7) is 10.2. The van der Waals surface area contributed by atoms with Crippen LogP contribution in [-0.2, 0) is 21.2 Å². The zero-order chi connectivity index (χ0) is 20.6. The minimum absolute atomic E-state index is 0.0199. The van der Waals surface area contributed by atoms with E-state index in [0.717, 1.165) is 40.8 Å². The third-order valence-corrected chi connectivity index (χ3v) is 7.08. The van der Waals surface area contributed by atoms with Crippen LogP contribution < -0.4 is 9.62 Å². The van der Waals surface area contributed by atoms with E-state index in [9.17, 15) is 13.2 Å². The van der Waals surface area contributed by atoms with Crippen molar-refractivity contribution >= 4 is 21.6 Å². The maximum atomic E-state index is 13.0. The van der Waals surface area contributed by atoms with Gasteiger partial charge in [-0.3, -0.25) is 4.79 Å². The van der Waals surface area contributed by atoms with Crippen molar-refractivity contribution in [1.29, 1.82) is 0 Å². The van der Waals surface area contributed by atoms with Gasteiger partial charge in [0, 0.05) is 25.2 Å². The summed E-state index contributed by atoms with van der Waals surface area (Å²) in [6.07, 6.45) is 1.61. The molecule has 0 aliphatic carbocycles. The van der Waals surface area contributed by atoms with E-state index in [1.165, 1.54) is 12.5 Å². The highest BCUT2D eigenvalue weighted by Crippen LogP contribution is 2.30. The molecule has 0 spiro atoms. The average molecular weight is 401 g/mol. The van der Waals surface area contributed by atoms with E-state index < -0.39 is 10.0 Å². The second-order valence-corrected chi connectivity index (χ2v) is 9.41. The first-order valence-corrected chi connectivity index (χ1v) is 11.1. The molecule has 0 radical (unpaired) electrons. The number of hydrogen-bond donors (Lipinski definition) is 1. The molecule has 6 heteroatoms. The minimum Gasteiger partial charge on any atom is -0.312 e. The first kappa shape index (κ1) is 20.6. The van der Waals surface area contributed by atoms with Crippen molar-refractivity contribution in [3.63, 3.8) is 0 Å². The predicted octanol–water partition coefficient (Wildman–Crippen LogP) is 3.95. The quantitative estimate of drug-likeness (QED) is 0.845. The largest absolute Gasteiger partial charge is 0.312 e. The number of nitrogens with zero attached hydrogens (tertiary/aromatic N) is 1. The van der Waals surface area contributed by atoms with Crippen LogP contribution in [0.5, 0.6) is 0 Å². The number of sulfonamides is 1. The van der Waals surface area contributed by atoms with Gasteiger partial charge in [0.25, 0.3) is 0 Å². The lowest BCUT2D eigenvalue weighted by Crippen LogP contribution is -2.34. The fourth-order valence-corrected chi connectivity index (χ4v) is 5.15. The Hall–Kier alpha value is -2.18. The van der Waals surface area contributed by atoms with Crippen molar-refractivity contribution in [3.8, 4) is 0 Å². The van der Waals surface area contributed by atoms with Crippen LogP contribution in [0, 0.1) is 20.8 Å². The van der Waals surface area contributed by atoms with Crippen molar-refractivity contribution in [3.05, 3.63) is 58.1 Å². The van der Waals surface area contributed by atoms with E-state index in [0.29, 0.717) is 6.54 Å². The van der Waals surface area contributed by atoms with Gasteiger partial charge in [0.2, 0.25) is 15.9 Å². The number of amides is 1. The maximum absolute atomic E-state index is 13.0. The highest BCUT2D eigenvalue weighted by Gasteiger charge is 2.24. The number of benzene rings is 2. The number of hydrogen-bond acceptors (Lipinski definition) is 3. The van der Waals surface area contributed by atoms with E-state index in [4.69, 9.17) is 0 Å². The number of carbonyl (C=O) groups is 1. The average Bonchev–Trinajstić information content (AvgIpc) is 2.63. The van der Waals surface area contributed by atoms with Gasteiger partial charge in [-0.15, -0.1) is 0 Å².